The third-order valence-corrected chi connectivity index (χ3v) is 0.967. The van der Waals surface area contributed by atoms with E-state index in [1.807, 2.05) is 0 Å². The van der Waals surface area contributed by atoms with Crippen LogP contribution in [0, 0.1) is 10.1 Å². The van der Waals surface area contributed by atoms with Crippen molar-refractivity contribution in [2.24, 2.45) is 0 Å². The van der Waals surface area contributed by atoms with Crippen LogP contribution in [0.1, 0.15) is 0 Å². The second-order valence-electron chi connectivity index (χ2n) is 1.59. The zero-order chi connectivity index (χ0) is 6.69. The van der Waals surface area contributed by atoms with Crippen LogP contribution in [0.2, 0.25) is 0 Å². The molecule has 0 unspecified atom stereocenters. The molecule has 3 nitrogen and oxygen atoms in total. The van der Waals surface area contributed by atoms with E-state index in [0.29, 0.717) is 0 Å². The summed E-state index contributed by atoms with van der Waals surface area (Å²) in [5.74, 6) is 0. The first-order valence-corrected chi connectivity index (χ1v) is 2.50. The molecule has 0 spiro atoms. The zero-order valence-corrected chi connectivity index (χ0v) is 5.65. The van der Waals surface area contributed by atoms with Crippen LogP contribution in [-0.2, 0) is 0 Å². The molecule has 0 aliphatic heterocycles. The summed E-state index contributed by atoms with van der Waals surface area (Å²) in [5, 5.41) is 10.0. The average molecular weight is 130 g/mol. The van der Waals surface area contributed by atoms with Crippen molar-refractivity contribution in [2.75, 3.05) is 0 Å². The van der Waals surface area contributed by atoms with Gasteiger partial charge in [0.05, 0.1) is 4.92 Å². The van der Waals surface area contributed by atoms with Crippen LogP contribution in [-0.4, -0.2) is 23.8 Å². The molecule has 0 aliphatic carbocycles. The van der Waals surface area contributed by atoms with Crippen molar-refractivity contribution in [1.82, 2.24) is 0 Å². The fraction of sp³-hybridized carbons (Fsp3) is 0. The zero-order valence-electron chi connectivity index (χ0n) is 5.65. The van der Waals surface area contributed by atoms with Crippen LogP contribution in [0.15, 0.2) is 30.3 Å². The van der Waals surface area contributed by atoms with Crippen molar-refractivity contribution < 1.29 is 4.92 Å². The summed E-state index contributed by atoms with van der Waals surface area (Å²) in [6.07, 6.45) is 0. The maximum absolute atomic E-state index is 10.0. The van der Waals surface area contributed by atoms with E-state index in [0.717, 1.165) is 0 Å². The molecule has 1 aromatic rings. The Kier molecular flexibility index (Phi) is 3.78. The molecule has 1 aromatic carbocycles. The van der Waals surface area contributed by atoms with Gasteiger partial charge in [-0.05, 0) is 0 Å². The van der Waals surface area contributed by atoms with Crippen LogP contribution in [0.4, 0.5) is 5.69 Å². The first-order valence-electron chi connectivity index (χ1n) is 2.50. The summed E-state index contributed by atoms with van der Waals surface area (Å²) in [7, 11) is 0. The van der Waals surface area contributed by atoms with Gasteiger partial charge in [0.15, 0.2) is 0 Å². The van der Waals surface area contributed by atoms with Crippen LogP contribution in [0.3, 0.4) is 0 Å². The predicted molar refractivity (Wildman–Crippen MR) is 38.9 cm³/mol. The molecule has 0 saturated carbocycles. The monoisotopic (exact) mass is 130 g/mol. The van der Waals surface area contributed by atoms with Gasteiger partial charge in [0, 0.05) is 31.0 Å². The van der Waals surface area contributed by atoms with Gasteiger partial charge >= 0.3 is 0 Å². The summed E-state index contributed by atoms with van der Waals surface area (Å²) in [6, 6.07) is 7.93. The fourth-order valence-corrected chi connectivity index (χ4v) is 0.550. The standard InChI is InChI=1S/C6H5NO2.Li/c8-7(9)6-4-2-1-3-5-6;/h1-5H;. The Morgan fingerprint density at radius 1 is 1.20 bits per heavy atom. The molecule has 10 heavy (non-hydrogen) atoms. The van der Waals surface area contributed by atoms with Gasteiger partial charge in [0.1, 0.15) is 0 Å². The first kappa shape index (κ1) is 9.22. The molecule has 0 bridgehead atoms. The number of rotatable bonds is 1. The number of nitrogens with zero attached hydrogens (tertiary/aromatic N) is 1. The smallest absolute Gasteiger partial charge is 0.258 e. The normalized spacial score (nSPS) is 8.00. The van der Waals surface area contributed by atoms with Gasteiger partial charge in [-0.15, -0.1) is 0 Å². The Balaban J connectivity index is 0.000000810. The minimum Gasteiger partial charge on any atom is -0.258 e. The number of hydrogen-bond acceptors (Lipinski definition) is 2. The second-order valence-corrected chi connectivity index (χ2v) is 1.59. The quantitative estimate of drug-likeness (QED) is 0.325. The van der Waals surface area contributed by atoms with Gasteiger partial charge in [0.25, 0.3) is 5.69 Å². The topological polar surface area (TPSA) is 43.1 Å². The third-order valence-electron chi connectivity index (χ3n) is 0.967. The Hall–Kier alpha value is -0.783. The van der Waals surface area contributed by atoms with Crippen molar-refractivity contribution in [1.29, 1.82) is 0 Å². The molecule has 1 radical (unpaired) electrons. The molecule has 1 rings (SSSR count). The van der Waals surface area contributed by atoms with Crippen LogP contribution >= 0.6 is 0 Å². The van der Waals surface area contributed by atoms with E-state index < -0.39 is 4.92 Å². The summed E-state index contributed by atoms with van der Waals surface area (Å²) in [4.78, 5) is 9.59. The van der Waals surface area contributed by atoms with Crippen molar-refractivity contribution in [3.05, 3.63) is 40.4 Å². The average Bonchev–Trinajstić information content (AvgIpc) is 1.90. The Morgan fingerprint density at radius 2 is 1.70 bits per heavy atom. The Morgan fingerprint density at radius 3 is 2.00 bits per heavy atom. The molecule has 0 aliphatic rings. The maximum atomic E-state index is 10.0. The number of nitro benzene ring substituents is 1. The van der Waals surface area contributed by atoms with E-state index in [4.69, 9.17) is 0 Å². The van der Waals surface area contributed by atoms with E-state index in [1.165, 1.54) is 12.1 Å². The van der Waals surface area contributed by atoms with Gasteiger partial charge in [-0.25, -0.2) is 0 Å². The molecule has 0 aromatic heterocycles. The van der Waals surface area contributed by atoms with Crippen molar-refractivity contribution in [3.8, 4) is 0 Å². The molecule has 4 heteroatoms. The number of benzene rings is 1. The molecule has 0 saturated heterocycles. The van der Waals surface area contributed by atoms with Crippen molar-refractivity contribution in [3.63, 3.8) is 0 Å². The number of hydrogen-bond donors (Lipinski definition) is 0. The van der Waals surface area contributed by atoms with Gasteiger partial charge in [-0.1, -0.05) is 18.2 Å². The fourth-order valence-electron chi connectivity index (χ4n) is 0.550. The Labute approximate surface area is 70.4 Å². The van der Waals surface area contributed by atoms with E-state index in [9.17, 15) is 10.1 Å². The molecular weight excluding hydrogens is 125 g/mol. The van der Waals surface area contributed by atoms with Gasteiger partial charge in [-0.3, -0.25) is 10.1 Å². The largest absolute Gasteiger partial charge is 0.269 e. The summed E-state index contributed by atoms with van der Waals surface area (Å²) in [6.45, 7) is 0. The third kappa shape index (κ3) is 2.22. The minimum atomic E-state index is -0.417. The summed E-state index contributed by atoms with van der Waals surface area (Å²) < 4.78 is 0. The van der Waals surface area contributed by atoms with E-state index >= 15 is 0 Å². The number of non-ortho nitro benzene ring substituents is 1. The van der Waals surface area contributed by atoms with E-state index in [2.05, 4.69) is 0 Å². The van der Waals surface area contributed by atoms with E-state index in [-0.39, 0.29) is 24.5 Å². The predicted octanol–water partition coefficient (Wildman–Crippen LogP) is 1.21. The van der Waals surface area contributed by atoms with Crippen LogP contribution < -0.4 is 0 Å². The summed E-state index contributed by atoms with van der Waals surface area (Å²) >= 11 is 0. The van der Waals surface area contributed by atoms with Crippen molar-refractivity contribution in [2.45, 2.75) is 0 Å². The molecule has 0 fully saturated rings. The molecule has 47 valence electrons. The molecule has 0 atom stereocenters. The van der Waals surface area contributed by atoms with Gasteiger partial charge in [0.2, 0.25) is 0 Å². The minimum absolute atomic E-state index is 0. The van der Waals surface area contributed by atoms with E-state index in [1.54, 1.807) is 18.2 Å². The van der Waals surface area contributed by atoms with Crippen molar-refractivity contribution >= 4 is 24.5 Å². The molecule has 0 heterocycles. The second kappa shape index (κ2) is 4.10. The number of nitro groups is 1. The molecule has 0 amide bonds. The van der Waals surface area contributed by atoms with Gasteiger partial charge in [-0.2, -0.15) is 0 Å². The summed E-state index contributed by atoms with van der Waals surface area (Å²) in [5.41, 5.74) is 0.137. The molecule has 0 N–H and O–H groups in total. The number of para-hydroxylation sites is 1. The molecular formula is C6H5LiNO2. The maximum Gasteiger partial charge on any atom is 0.269 e. The van der Waals surface area contributed by atoms with Gasteiger partial charge < -0.3 is 0 Å². The Bertz CT molecular complexity index is 212. The van der Waals surface area contributed by atoms with Crippen LogP contribution in [0.25, 0.3) is 0 Å². The van der Waals surface area contributed by atoms with Crippen LogP contribution in [0.5, 0.6) is 0 Å². The first-order chi connectivity index (χ1) is 4.30. The SMILES string of the molecule is O=[N+]([O-])c1ccccc1.[Li].